The third kappa shape index (κ3) is 2.70. The highest BCUT2D eigenvalue weighted by atomic mass is 16.5. The lowest BCUT2D eigenvalue weighted by atomic mass is 9.87. The summed E-state index contributed by atoms with van der Waals surface area (Å²) in [5, 5.41) is 2.88. The van der Waals surface area contributed by atoms with Crippen molar-refractivity contribution in [3.8, 4) is 11.5 Å². The van der Waals surface area contributed by atoms with Crippen LogP contribution in [0.15, 0.2) is 18.2 Å². The zero-order valence-corrected chi connectivity index (χ0v) is 14.5. The molecule has 2 saturated carbocycles. The van der Waals surface area contributed by atoms with Crippen molar-refractivity contribution in [3.63, 3.8) is 0 Å². The molecule has 130 valence electrons. The van der Waals surface area contributed by atoms with E-state index in [1.54, 1.807) is 12.0 Å². The molecular weight excluding hydrogens is 304 g/mol. The zero-order valence-electron chi connectivity index (χ0n) is 14.5. The summed E-state index contributed by atoms with van der Waals surface area (Å²) < 4.78 is 11.9. The molecule has 5 nitrogen and oxygen atoms in total. The number of hydrogen-bond donors (Lipinski definition) is 1. The van der Waals surface area contributed by atoms with Crippen molar-refractivity contribution in [2.45, 2.75) is 44.2 Å². The number of carbonyl (C=O) groups is 1. The predicted octanol–water partition coefficient (Wildman–Crippen LogP) is 3.35. The average Bonchev–Trinajstić information content (AvgIpc) is 3.14. The van der Waals surface area contributed by atoms with E-state index in [4.69, 9.17) is 9.47 Å². The van der Waals surface area contributed by atoms with Gasteiger partial charge in [0.15, 0.2) is 11.5 Å². The number of benzene rings is 1. The number of fused-ring (bicyclic) bond motifs is 2. The quantitative estimate of drug-likeness (QED) is 0.921. The normalized spacial score (nSPS) is 31.9. The molecule has 1 saturated heterocycles. The van der Waals surface area contributed by atoms with E-state index in [2.05, 4.69) is 11.4 Å². The van der Waals surface area contributed by atoms with Gasteiger partial charge in [-0.15, -0.1) is 0 Å². The maximum absolute atomic E-state index is 11.7. The van der Waals surface area contributed by atoms with Crippen LogP contribution >= 0.6 is 0 Å². The molecule has 1 heterocycles. The molecule has 0 aromatic heterocycles. The molecular formula is C19H26N2O3. The summed E-state index contributed by atoms with van der Waals surface area (Å²) in [7, 11) is 3.51. The van der Waals surface area contributed by atoms with E-state index in [1.165, 1.54) is 25.7 Å². The van der Waals surface area contributed by atoms with E-state index < -0.39 is 0 Å². The van der Waals surface area contributed by atoms with E-state index >= 15 is 0 Å². The maximum atomic E-state index is 11.7. The topological polar surface area (TPSA) is 50.8 Å². The molecule has 3 aliphatic rings. The van der Waals surface area contributed by atoms with Gasteiger partial charge in [0.05, 0.1) is 13.2 Å². The summed E-state index contributed by atoms with van der Waals surface area (Å²) in [4.78, 5) is 13.5. The minimum Gasteiger partial charge on any atom is -0.493 e. The number of urea groups is 1. The van der Waals surface area contributed by atoms with Gasteiger partial charge in [-0.2, -0.15) is 0 Å². The Hall–Kier alpha value is -1.91. The number of methoxy groups -OCH3 is 1. The SMILES string of the molecule is COc1ccc(C2CNC(=O)N2C)cc1OC1CCC2CCC1C2. The molecule has 1 N–H and O–H groups in total. The second kappa shape index (κ2) is 6.19. The van der Waals surface area contributed by atoms with Crippen LogP contribution in [0, 0.1) is 11.8 Å². The van der Waals surface area contributed by atoms with Crippen LogP contribution in [0.25, 0.3) is 0 Å². The fourth-order valence-electron chi connectivity index (χ4n) is 4.59. The van der Waals surface area contributed by atoms with E-state index in [0.29, 0.717) is 18.6 Å². The Morgan fingerprint density at radius 1 is 1.17 bits per heavy atom. The molecule has 2 amide bonds. The third-order valence-electron chi connectivity index (χ3n) is 6.05. The van der Waals surface area contributed by atoms with Gasteiger partial charge in [-0.3, -0.25) is 0 Å². The predicted molar refractivity (Wildman–Crippen MR) is 91.4 cm³/mol. The summed E-state index contributed by atoms with van der Waals surface area (Å²) in [6, 6.07) is 6.07. The number of nitrogens with zero attached hydrogens (tertiary/aromatic N) is 1. The Morgan fingerprint density at radius 3 is 2.75 bits per heavy atom. The van der Waals surface area contributed by atoms with Crippen LogP contribution in [-0.2, 0) is 0 Å². The van der Waals surface area contributed by atoms with Crippen molar-refractivity contribution in [2.24, 2.45) is 11.8 Å². The fraction of sp³-hybridized carbons (Fsp3) is 0.632. The van der Waals surface area contributed by atoms with E-state index in [1.807, 2.05) is 19.2 Å². The van der Waals surface area contributed by atoms with Crippen LogP contribution in [0.5, 0.6) is 11.5 Å². The standard InChI is InChI=1S/C19H26N2O3/c1-21-15(11-20-19(21)22)13-6-8-17(23-2)18(10-13)24-16-7-4-12-3-5-14(16)9-12/h6,8,10,12,14-16H,3-5,7,9,11H2,1-2H3,(H,20,22). The maximum Gasteiger partial charge on any atom is 0.317 e. The molecule has 2 aliphatic carbocycles. The first kappa shape index (κ1) is 15.6. The van der Waals surface area contributed by atoms with Gasteiger partial charge in [0, 0.05) is 13.6 Å². The van der Waals surface area contributed by atoms with Crippen molar-refractivity contribution < 1.29 is 14.3 Å². The highest BCUT2D eigenvalue weighted by molar-refractivity contribution is 5.77. The van der Waals surface area contributed by atoms with Crippen molar-refractivity contribution in [3.05, 3.63) is 23.8 Å². The lowest BCUT2D eigenvalue weighted by molar-refractivity contribution is 0.0963. The molecule has 2 bridgehead atoms. The highest BCUT2D eigenvalue weighted by Crippen LogP contribution is 2.44. The molecule has 24 heavy (non-hydrogen) atoms. The van der Waals surface area contributed by atoms with E-state index in [9.17, 15) is 4.79 Å². The van der Waals surface area contributed by atoms with Gasteiger partial charge in [0.1, 0.15) is 6.10 Å². The van der Waals surface area contributed by atoms with Gasteiger partial charge >= 0.3 is 6.03 Å². The zero-order chi connectivity index (χ0) is 16.7. The molecule has 3 fully saturated rings. The molecule has 1 aromatic rings. The second-order valence-corrected chi connectivity index (χ2v) is 7.40. The minimum absolute atomic E-state index is 0.0254. The van der Waals surface area contributed by atoms with Crippen molar-refractivity contribution >= 4 is 6.03 Å². The summed E-state index contributed by atoms with van der Waals surface area (Å²) in [6.07, 6.45) is 6.70. The van der Waals surface area contributed by atoms with Gasteiger partial charge in [0.25, 0.3) is 0 Å². The number of ether oxygens (including phenoxy) is 2. The van der Waals surface area contributed by atoms with Crippen LogP contribution in [0.1, 0.15) is 43.7 Å². The van der Waals surface area contributed by atoms with Crippen LogP contribution in [-0.4, -0.2) is 37.7 Å². The number of hydrogen-bond acceptors (Lipinski definition) is 3. The first-order chi connectivity index (χ1) is 11.7. The lowest BCUT2D eigenvalue weighted by Crippen LogP contribution is -2.29. The molecule has 5 heteroatoms. The summed E-state index contributed by atoms with van der Waals surface area (Å²) in [5.41, 5.74) is 1.09. The summed E-state index contributed by atoms with van der Waals surface area (Å²) >= 11 is 0. The first-order valence-electron chi connectivity index (χ1n) is 9.01. The number of likely N-dealkylation sites (N-methyl/N-ethyl adjacent to an activating group) is 1. The molecule has 0 spiro atoms. The molecule has 0 radical (unpaired) electrons. The van der Waals surface area contributed by atoms with Crippen LogP contribution in [0.2, 0.25) is 0 Å². The van der Waals surface area contributed by atoms with Gasteiger partial charge in [0.2, 0.25) is 0 Å². The summed E-state index contributed by atoms with van der Waals surface area (Å²) in [6.45, 7) is 0.634. The van der Waals surface area contributed by atoms with Crippen molar-refractivity contribution in [1.29, 1.82) is 0 Å². The van der Waals surface area contributed by atoms with Gasteiger partial charge in [-0.1, -0.05) is 12.5 Å². The van der Waals surface area contributed by atoms with Crippen molar-refractivity contribution in [1.82, 2.24) is 10.2 Å². The Morgan fingerprint density at radius 2 is 2.00 bits per heavy atom. The Labute approximate surface area is 143 Å². The second-order valence-electron chi connectivity index (χ2n) is 7.40. The lowest BCUT2D eigenvalue weighted by Gasteiger charge is -2.30. The fourth-order valence-corrected chi connectivity index (χ4v) is 4.59. The van der Waals surface area contributed by atoms with E-state index in [0.717, 1.165) is 29.4 Å². The average molecular weight is 330 g/mol. The van der Waals surface area contributed by atoms with Crippen LogP contribution in [0.3, 0.4) is 0 Å². The molecule has 1 aromatic carbocycles. The Kier molecular flexibility index (Phi) is 4.02. The number of nitrogens with one attached hydrogen (secondary N) is 1. The molecule has 4 atom stereocenters. The van der Waals surface area contributed by atoms with Crippen LogP contribution < -0.4 is 14.8 Å². The Balaban J connectivity index is 1.57. The van der Waals surface area contributed by atoms with Gasteiger partial charge in [-0.05, 0) is 55.2 Å². The van der Waals surface area contributed by atoms with Gasteiger partial charge < -0.3 is 19.7 Å². The largest absolute Gasteiger partial charge is 0.493 e. The number of rotatable bonds is 4. The molecule has 4 unspecified atom stereocenters. The van der Waals surface area contributed by atoms with Gasteiger partial charge in [-0.25, -0.2) is 4.79 Å². The van der Waals surface area contributed by atoms with Crippen LogP contribution in [0.4, 0.5) is 4.79 Å². The summed E-state index contributed by atoms with van der Waals surface area (Å²) in [5.74, 6) is 3.21. The number of amides is 2. The smallest absolute Gasteiger partial charge is 0.317 e. The van der Waals surface area contributed by atoms with E-state index in [-0.39, 0.29) is 12.1 Å². The third-order valence-corrected chi connectivity index (χ3v) is 6.05. The first-order valence-corrected chi connectivity index (χ1v) is 9.01. The number of carbonyl (C=O) groups excluding carboxylic acids is 1. The Bertz CT molecular complexity index is 633. The highest BCUT2D eigenvalue weighted by Gasteiger charge is 2.37. The monoisotopic (exact) mass is 330 g/mol. The molecule has 4 rings (SSSR count). The van der Waals surface area contributed by atoms with Crippen molar-refractivity contribution in [2.75, 3.05) is 20.7 Å². The molecule has 1 aliphatic heterocycles. The minimum atomic E-state index is -0.0254.